The summed E-state index contributed by atoms with van der Waals surface area (Å²) in [5, 5.41) is 14.5. The van der Waals surface area contributed by atoms with Gasteiger partial charge in [-0.05, 0) is 18.2 Å². The molecule has 1 atom stereocenters. The average molecular weight is 481 g/mol. The maximum atomic E-state index is 13.5. The topological polar surface area (TPSA) is 135 Å². The zero-order valence-electron chi connectivity index (χ0n) is 17.0. The van der Waals surface area contributed by atoms with Crippen molar-refractivity contribution in [2.75, 3.05) is 17.2 Å². The summed E-state index contributed by atoms with van der Waals surface area (Å²) in [6, 6.07) is 11.9. The van der Waals surface area contributed by atoms with E-state index in [4.69, 9.17) is 17.3 Å². The Morgan fingerprint density at radius 3 is 2.67 bits per heavy atom. The van der Waals surface area contributed by atoms with E-state index in [0.717, 1.165) is 0 Å². The van der Waals surface area contributed by atoms with Crippen LogP contribution in [0.4, 0.5) is 11.8 Å². The normalized spacial score (nSPS) is 15.5. The van der Waals surface area contributed by atoms with Crippen LogP contribution in [0, 0.1) is 11.3 Å². The number of nitrogen functional groups attached to an aromatic ring is 1. The molecule has 4 aromatic rings. The molecular formula is C21H17ClN8O2S. The highest BCUT2D eigenvalue weighted by Crippen LogP contribution is 2.35. The van der Waals surface area contributed by atoms with Crippen LogP contribution in [0.25, 0.3) is 11.2 Å². The minimum absolute atomic E-state index is 0. The SMILES string of the molecule is N#Cc1cnc(N)nc1N1CC(=O)C[C@H]1c1nn2ccc(Cl)c2c(=O)n1-c1ccccc1.S. The molecule has 1 saturated heterocycles. The Bertz CT molecular complexity index is 1480. The number of nitrogens with zero attached hydrogens (tertiary/aromatic N) is 7. The number of benzene rings is 1. The third-order valence-electron chi connectivity index (χ3n) is 5.30. The van der Waals surface area contributed by atoms with Crippen molar-refractivity contribution in [1.29, 1.82) is 5.26 Å². The number of para-hydroxylation sites is 1. The highest BCUT2D eigenvalue weighted by atomic mass is 35.5. The van der Waals surface area contributed by atoms with Crippen LogP contribution in [-0.4, -0.2) is 36.5 Å². The number of carbonyl (C=O) groups is 1. The maximum Gasteiger partial charge on any atom is 0.284 e. The number of hydrogen-bond donors (Lipinski definition) is 1. The van der Waals surface area contributed by atoms with Gasteiger partial charge in [0.05, 0.1) is 29.5 Å². The fourth-order valence-electron chi connectivity index (χ4n) is 3.92. The number of rotatable bonds is 3. The molecule has 5 rings (SSSR count). The summed E-state index contributed by atoms with van der Waals surface area (Å²) in [5.41, 5.74) is 6.34. The lowest BCUT2D eigenvalue weighted by Gasteiger charge is -2.27. The smallest absolute Gasteiger partial charge is 0.284 e. The molecule has 0 saturated carbocycles. The second kappa shape index (κ2) is 8.57. The molecule has 0 unspecified atom stereocenters. The van der Waals surface area contributed by atoms with Crippen molar-refractivity contribution in [3.63, 3.8) is 0 Å². The van der Waals surface area contributed by atoms with E-state index in [0.29, 0.717) is 11.5 Å². The van der Waals surface area contributed by atoms with Crippen molar-refractivity contribution in [1.82, 2.24) is 24.1 Å². The third kappa shape index (κ3) is 3.69. The molecule has 33 heavy (non-hydrogen) atoms. The van der Waals surface area contributed by atoms with Crippen LogP contribution in [0.2, 0.25) is 5.02 Å². The number of halogens is 1. The Kier molecular flexibility index (Phi) is 5.80. The quantitative estimate of drug-likeness (QED) is 0.470. The number of anilines is 2. The highest BCUT2D eigenvalue weighted by molar-refractivity contribution is 7.59. The summed E-state index contributed by atoms with van der Waals surface area (Å²) in [5.74, 6) is 0.414. The van der Waals surface area contributed by atoms with Crippen molar-refractivity contribution in [2.24, 2.45) is 0 Å². The monoisotopic (exact) mass is 480 g/mol. The second-order valence-corrected chi connectivity index (χ2v) is 7.66. The number of nitriles is 1. The van der Waals surface area contributed by atoms with E-state index < -0.39 is 6.04 Å². The summed E-state index contributed by atoms with van der Waals surface area (Å²) in [6.07, 6.45) is 2.97. The van der Waals surface area contributed by atoms with Gasteiger partial charge in [-0.15, -0.1) is 0 Å². The molecule has 0 spiro atoms. The average Bonchev–Trinajstić information content (AvgIpc) is 3.36. The van der Waals surface area contributed by atoms with E-state index in [1.165, 1.54) is 15.3 Å². The summed E-state index contributed by atoms with van der Waals surface area (Å²) < 4.78 is 2.84. The summed E-state index contributed by atoms with van der Waals surface area (Å²) >= 11 is 6.25. The number of hydrogen-bond acceptors (Lipinski definition) is 8. The first-order chi connectivity index (χ1) is 15.5. The zero-order valence-corrected chi connectivity index (χ0v) is 18.8. The fourth-order valence-corrected chi connectivity index (χ4v) is 4.14. The molecule has 166 valence electrons. The first-order valence-electron chi connectivity index (χ1n) is 9.64. The van der Waals surface area contributed by atoms with E-state index in [2.05, 4.69) is 15.1 Å². The van der Waals surface area contributed by atoms with Crippen molar-refractivity contribution in [2.45, 2.75) is 12.5 Å². The first kappa shape index (κ1) is 22.3. The van der Waals surface area contributed by atoms with Crippen molar-refractivity contribution >= 4 is 48.2 Å². The Morgan fingerprint density at radius 2 is 1.94 bits per heavy atom. The van der Waals surface area contributed by atoms with Gasteiger partial charge in [0.15, 0.2) is 17.4 Å². The molecule has 2 N–H and O–H groups in total. The lowest BCUT2D eigenvalue weighted by atomic mass is 10.1. The van der Waals surface area contributed by atoms with E-state index in [-0.39, 0.29) is 65.7 Å². The molecule has 0 bridgehead atoms. The van der Waals surface area contributed by atoms with Crippen LogP contribution in [-0.2, 0) is 4.79 Å². The van der Waals surface area contributed by atoms with E-state index in [1.807, 2.05) is 12.1 Å². The summed E-state index contributed by atoms with van der Waals surface area (Å²) in [7, 11) is 0. The largest absolute Gasteiger partial charge is 0.368 e. The number of fused-ring (bicyclic) bond motifs is 1. The molecule has 12 heteroatoms. The van der Waals surface area contributed by atoms with Gasteiger partial charge in [-0.25, -0.2) is 9.50 Å². The van der Waals surface area contributed by atoms with Gasteiger partial charge < -0.3 is 10.6 Å². The Morgan fingerprint density at radius 1 is 1.18 bits per heavy atom. The second-order valence-electron chi connectivity index (χ2n) is 7.25. The predicted molar refractivity (Wildman–Crippen MR) is 127 cm³/mol. The van der Waals surface area contributed by atoms with Gasteiger partial charge in [-0.2, -0.15) is 28.8 Å². The predicted octanol–water partition coefficient (Wildman–Crippen LogP) is 2.02. The summed E-state index contributed by atoms with van der Waals surface area (Å²) in [6.45, 7) is -0.00900. The minimum atomic E-state index is -0.664. The standard InChI is InChI=1S/C21H15ClN8O2.H2S/c22-15-6-7-29-17(15)20(32)30(13-4-2-1-3-5-13)19(27-29)16-8-14(31)11-28(16)18-12(9-23)10-25-21(24)26-18;/h1-7,10,16H,8,11H2,(H2,24,25,26);1H2/t16-;/m0./s1. The van der Waals surface area contributed by atoms with Crippen molar-refractivity contribution in [3.05, 3.63) is 75.6 Å². The number of carbonyl (C=O) groups excluding carboxylic acids is 1. The first-order valence-corrected chi connectivity index (χ1v) is 10.0. The maximum absolute atomic E-state index is 13.5. The van der Waals surface area contributed by atoms with Gasteiger partial charge in [0.25, 0.3) is 5.56 Å². The Labute approximate surface area is 199 Å². The zero-order chi connectivity index (χ0) is 22.4. The van der Waals surface area contributed by atoms with Crippen LogP contribution in [0.15, 0.2) is 53.6 Å². The number of ketones is 1. The van der Waals surface area contributed by atoms with E-state index in [9.17, 15) is 14.9 Å². The van der Waals surface area contributed by atoms with Crippen LogP contribution in [0.1, 0.15) is 23.9 Å². The van der Waals surface area contributed by atoms with Crippen LogP contribution >= 0.6 is 25.1 Å². The van der Waals surface area contributed by atoms with Crippen LogP contribution < -0.4 is 16.2 Å². The van der Waals surface area contributed by atoms with Crippen LogP contribution in [0.3, 0.4) is 0 Å². The van der Waals surface area contributed by atoms with Gasteiger partial charge in [0.1, 0.15) is 17.1 Å². The molecule has 0 radical (unpaired) electrons. The molecule has 4 heterocycles. The lowest BCUT2D eigenvalue weighted by molar-refractivity contribution is -0.116. The Balaban J connectivity index is 0.00000259. The minimum Gasteiger partial charge on any atom is -0.368 e. The number of nitrogens with two attached hydrogens (primary N) is 1. The van der Waals surface area contributed by atoms with E-state index >= 15 is 0 Å². The molecule has 1 aliphatic rings. The molecule has 1 aromatic carbocycles. The molecule has 1 aliphatic heterocycles. The molecule has 10 nitrogen and oxygen atoms in total. The number of aromatic nitrogens is 5. The summed E-state index contributed by atoms with van der Waals surface area (Å²) in [4.78, 5) is 35.8. The lowest BCUT2D eigenvalue weighted by Crippen LogP contribution is -2.33. The molecule has 0 amide bonds. The van der Waals surface area contributed by atoms with Gasteiger partial charge >= 0.3 is 0 Å². The van der Waals surface area contributed by atoms with Crippen molar-refractivity contribution in [3.8, 4) is 11.8 Å². The van der Waals surface area contributed by atoms with Crippen molar-refractivity contribution < 1.29 is 4.79 Å². The third-order valence-corrected chi connectivity index (χ3v) is 5.60. The highest BCUT2D eigenvalue weighted by Gasteiger charge is 2.38. The Hall–Kier alpha value is -3.88. The van der Waals surface area contributed by atoms with Gasteiger partial charge in [-0.1, -0.05) is 29.8 Å². The number of Topliss-reactive ketones (excluding diaryl/α,β-unsaturated/α-hetero) is 1. The fraction of sp³-hybridized carbons (Fsp3) is 0.143. The van der Waals surface area contributed by atoms with Gasteiger partial charge in [0.2, 0.25) is 5.95 Å². The van der Waals surface area contributed by atoms with E-state index in [1.54, 1.807) is 41.4 Å². The molecule has 1 fully saturated rings. The van der Waals surface area contributed by atoms with Crippen LogP contribution in [0.5, 0.6) is 0 Å². The molecular weight excluding hydrogens is 464 g/mol. The van der Waals surface area contributed by atoms with Gasteiger partial charge in [0, 0.05) is 12.6 Å². The molecule has 3 aromatic heterocycles. The van der Waals surface area contributed by atoms with Gasteiger partial charge in [-0.3, -0.25) is 14.2 Å². The molecule has 0 aliphatic carbocycles.